The van der Waals surface area contributed by atoms with Gasteiger partial charge >= 0.3 is 0 Å². The molecule has 0 amide bonds. The van der Waals surface area contributed by atoms with Crippen LogP contribution in [-0.4, -0.2) is 23.4 Å². The summed E-state index contributed by atoms with van der Waals surface area (Å²) in [6.07, 6.45) is 1.09. The SMILES string of the molecule is CC(C)(SS)c1cc(C2CCOC2)[nH]n1. The van der Waals surface area contributed by atoms with Crippen LogP contribution in [0.15, 0.2) is 6.07 Å². The second-order valence-electron chi connectivity index (χ2n) is 4.37. The summed E-state index contributed by atoms with van der Waals surface area (Å²) < 4.78 is 5.32. The molecule has 5 heteroatoms. The molecular weight excluding hydrogens is 228 g/mol. The van der Waals surface area contributed by atoms with Gasteiger partial charge in [0.05, 0.1) is 17.0 Å². The molecule has 1 aromatic rings. The maximum absolute atomic E-state index is 5.36. The van der Waals surface area contributed by atoms with E-state index >= 15 is 0 Å². The van der Waals surface area contributed by atoms with E-state index in [4.69, 9.17) is 4.74 Å². The lowest BCUT2D eigenvalue weighted by atomic mass is 10.0. The van der Waals surface area contributed by atoms with Gasteiger partial charge in [0.2, 0.25) is 0 Å². The van der Waals surface area contributed by atoms with Crippen molar-refractivity contribution in [3.05, 3.63) is 17.5 Å². The quantitative estimate of drug-likeness (QED) is 0.634. The van der Waals surface area contributed by atoms with E-state index < -0.39 is 0 Å². The number of nitrogens with one attached hydrogen (secondary N) is 1. The van der Waals surface area contributed by atoms with Crippen LogP contribution in [0.5, 0.6) is 0 Å². The van der Waals surface area contributed by atoms with Crippen molar-refractivity contribution >= 4 is 22.5 Å². The second-order valence-corrected chi connectivity index (χ2v) is 6.12. The lowest BCUT2D eigenvalue weighted by molar-refractivity contribution is 0.193. The molecule has 0 saturated carbocycles. The van der Waals surface area contributed by atoms with Crippen molar-refractivity contribution in [3.63, 3.8) is 0 Å². The van der Waals surface area contributed by atoms with Gasteiger partial charge in [-0.15, -0.1) is 11.7 Å². The van der Waals surface area contributed by atoms with E-state index in [0.29, 0.717) is 5.92 Å². The first-order valence-electron chi connectivity index (χ1n) is 5.09. The molecular formula is C10H16N2OS2. The van der Waals surface area contributed by atoms with Crippen molar-refractivity contribution in [2.45, 2.75) is 30.9 Å². The summed E-state index contributed by atoms with van der Waals surface area (Å²) in [6.45, 7) is 5.92. The monoisotopic (exact) mass is 244 g/mol. The van der Waals surface area contributed by atoms with Gasteiger partial charge in [0, 0.05) is 18.2 Å². The Kier molecular flexibility index (Phi) is 3.33. The summed E-state index contributed by atoms with van der Waals surface area (Å²) >= 11 is 4.27. The number of thiol groups is 1. The van der Waals surface area contributed by atoms with Crippen molar-refractivity contribution in [1.82, 2.24) is 10.2 Å². The van der Waals surface area contributed by atoms with E-state index in [2.05, 4.69) is 41.8 Å². The maximum atomic E-state index is 5.36. The zero-order valence-corrected chi connectivity index (χ0v) is 10.7. The van der Waals surface area contributed by atoms with Gasteiger partial charge < -0.3 is 4.74 Å². The lowest BCUT2D eigenvalue weighted by Gasteiger charge is -2.17. The fourth-order valence-corrected chi connectivity index (χ4v) is 2.16. The molecule has 0 aliphatic carbocycles. The Hall–Kier alpha value is -0.130. The predicted octanol–water partition coefficient (Wildman–Crippen LogP) is 2.73. The molecule has 1 aliphatic rings. The van der Waals surface area contributed by atoms with Gasteiger partial charge in [0.15, 0.2) is 0 Å². The smallest absolute Gasteiger partial charge is 0.0788 e. The number of hydrogen-bond acceptors (Lipinski definition) is 4. The van der Waals surface area contributed by atoms with E-state index in [1.807, 2.05) is 0 Å². The van der Waals surface area contributed by atoms with Crippen LogP contribution in [0.1, 0.15) is 37.6 Å². The van der Waals surface area contributed by atoms with Crippen molar-refractivity contribution in [3.8, 4) is 0 Å². The fraction of sp³-hybridized carbons (Fsp3) is 0.700. The van der Waals surface area contributed by atoms with Gasteiger partial charge in [-0.2, -0.15) is 5.10 Å². The van der Waals surface area contributed by atoms with Crippen LogP contribution in [0.3, 0.4) is 0 Å². The van der Waals surface area contributed by atoms with Gasteiger partial charge in [-0.1, -0.05) is 10.8 Å². The van der Waals surface area contributed by atoms with Crippen LogP contribution < -0.4 is 0 Å². The van der Waals surface area contributed by atoms with E-state index in [-0.39, 0.29) is 4.75 Å². The number of aromatic amines is 1. The predicted molar refractivity (Wildman–Crippen MR) is 66.4 cm³/mol. The third kappa shape index (κ3) is 2.34. The minimum absolute atomic E-state index is 0.0443. The van der Waals surface area contributed by atoms with E-state index in [1.165, 1.54) is 16.5 Å². The number of nitrogens with zero attached hydrogens (tertiary/aromatic N) is 1. The molecule has 0 aromatic carbocycles. The van der Waals surface area contributed by atoms with Crippen molar-refractivity contribution in [2.75, 3.05) is 13.2 Å². The molecule has 1 unspecified atom stereocenters. The molecule has 1 atom stereocenters. The first-order chi connectivity index (χ1) is 7.13. The van der Waals surface area contributed by atoms with Gasteiger partial charge in [0.25, 0.3) is 0 Å². The standard InChI is InChI=1S/C10H16N2OS2/c1-10(2,15-14)9-5-8(11-12-9)7-3-4-13-6-7/h5,7,14H,3-4,6H2,1-2H3,(H,11,12). The molecule has 1 N–H and O–H groups in total. The third-order valence-corrected chi connectivity index (χ3v) is 4.85. The first-order valence-corrected chi connectivity index (χ1v) is 6.96. The molecule has 15 heavy (non-hydrogen) atoms. The highest BCUT2D eigenvalue weighted by Gasteiger charge is 2.26. The zero-order chi connectivity index (χ0) is 10.9. The minimum Gasteiger partial charge on any atom is -0.381 e. The summed E-state index contributed by atoms with van der Waals surface area (Å²) in [6, 6.07) is 2.14. The average molecular weight is 244 g/mol. The molecule has 1 aromatic heterocycles. The Morgan fingerprint density at radius 1 is 1.67 bits per heavy atom. The van der Waals surface area contributed by atoms with E-state index in [9.17, 15) is 0 Å². The van der Waals surface area contributed by atoms with Gasteiger partial charge in [-0.05, 0) is 26.3 Å². The summed E-state index contributed by atoms with van der Waals surface area (Å²) in [5.74, 6) is 0.493. The molecule has 0 spiro atoms. The Bertz CT molecular complexity index is 332. The molecule has 2 heterocycles. The van der Waals surface area contributed by atoms with Crippen LogP contribution in [0, 0.1) is 0 Å². The molecule has 1 saturated heterocycles. The number of H-pyrrole nitrogens is 1. The Labute approximate surface area is 99.2 Å². The third-order valence-electron chi connectivity index (χ3n) is 2.81. The maximum Gasteiger partial charge on any atom is 0.0788 e. The highest BCUT2D eigenvalue weighted by atomic mass is 33.1. The minimum atomic E-state index is -0.0443. The summed E-state index contributed by atoms with van der Waals surface area (Å²) in [5.41, 5.74) is 2.25. The van der Waals surface area contributed by atoms with Crippen LogP contribution in [0.2, 0.25) is 0 Å². The average Bonchev–Trinajstić information content (AvgIpc) is 2.88. The summed E-state index contributed by atoms with van der Waals surface area (Å²) in [4.78, 5) is 0. The Balaban J connectivity index is 2.16. The van der Waals surface area contributed by atoms with Crippen molar-refractivity contribution in [2.24, 2.45) is 0 Å². The highest BCUT2D eigenvalue weighted by Crippen LogP contribution is 2.38. The van der Waals surface area contributed by atoms with Gasteiger partial charge in [-0.25, -0.2) is 0 Å². The number of aromatic nitrogens is 2. The lowest BCUT2D eigenvalue weighted by Crippen LogP contribution is -2.10. The number of ether oxygens (including phenoxy) is 1. The van der Waals surface area contributed by atoms with Crippen molar-refractivity contribution < 1.29 is 4.74 Å². The topological polar surface area (TPSA) is 37.9 Å². The number of hydrogen-bond donors (Lipinski definition) is 2. The Morgan fingerprint density at radius 3 is 3.07 bits per heavy atom. The molecule has 0 radical (unpaired) electrons. The van der Waals surface area contributed by atoms with Gasteiger partial charge in [-0.3, -0.25) is 5.10 Å². The molecule has 84 valence electrons. The summed E-state index contributed by atoms with van der Waals surface area (Å²) in [5, 5.41) is 7.46. The fourth-order valence-electron chi connectivity index (χ4n) is 1.68. The van der Waals surface area contributed by atoms with Gasteiger partial charge in [0.1, 0.15) is 0 Å². The van der Waals surface area contributed by atoms with Crippen LogP contribution >= 0.6 is 22.5 Å². The normalized spacial score (nSPS) is 22.2. The van der Waals surface area contributed by atoms with E-state index in [0.717, 1.165) is 25.3 Å². The second kappa shape index (κ2) is 4.39. The van der Waals surface area contributed by atoms with Crippen molar-refractivity contribution in [1.29, 1.82) is 0 Å². The zero-order valence-electron chi connectivity index (χ0n) is 8.99. The molecule has 3 nitrogen and oxygen atoms in total. The molecule has 0 bridgehead atoms. The largest absolute Gasteiger partial charge is 0.381 e. The molecule has 1 fully saturated rings. The first kappa shape index (κ1) is 11.4. The Morgan fingerprint density at radius 2 is 2.47 bits per heavy atom. The van der Waals surface area contributed by atoms with Crippen LogP contribution in [0.25, 0.3) is 0 Å². The molecule has 1 aliphatic heterocycles. The summed E-state index contributed by atoms with van der Waals surface area (Å²) in [7, 11) is 1.52. The van der Waals surface area contributed by atoms with Crippen LogP contribution in [0.4, 0.5) is 0 Å². The number of rotatable bonds is 3. The van der Waals surface area contributed by atoms with Crippen LogP contribution in [-0.2, 0) is 9.48 Å². The highest BCUT2D eigenvalue weighted by molar-refractivity contribution is 8.68. The molecule has 2 rings (SSSR count). The van der Waals surface area contributed by atoms with E-state index in [1.54, 1.807) is 0 Å².